The number of rotatable bonds is 2. The molecule has 0 aromatic carbocycles. The van der Waals surface area contributed by atoms with Gasteiger partial charge in [-0.3, -0.25) is 0 Å². The smallest absolute Gasteiger partial charge is 0.225 e. The van der Waals surface area contributed by atoms with Crippen LogP contribution in [0, 0.1) is 0 Å². The van der Waals surface area contributed by atoms with Gasteiger partial charge in [0.05, 0.1) is 11.8 Å². The van der Waals surface area contributed by atoms with Crippen molar-refractivity contribution >= 4 is 11.6 Å². The number of hydrogen-bond donors (Lipinski definition) is 0. The molecule has 0 spiro atoms. The summed E-state index contributed by atoms with van der Waals surface area (Å²) >= 11 is 5.81. The van der Waals surface area contributed by atoms with Gasteiger partial charge in [0, 0.05) is 5.56 Å². The highest BCUT2D eigenvalue weighted by Gasteiger charge is 2.20. The lowest BCUT2D eigenvalue weighted by molar-refractivity contribution is 0.230. The van der Waals surface area contributed by atoms with E-state index in [1.165, 1.54) is 0 Å². The molecule has 1 aliphatic rings. The van der Waals surface area contributed by atoms with E-state index in [0.29, 0.717) is 11.2 Å². The first-order chi connectivity index (χ1) is 7.66. The molecule has 0 radical (unpaired) electrons. The lowest BCUT2D eigenvalue weighted by atomic mass is 10.2. The normalized spacial score (nSPS) is 13.1. The van der Waals surface area contributed by atoms with Gasteiger partial charge in [0.2, 0.25) is 11.2 Å². The van der Waals surface area contributed by atoms with E-state index in [1.54, 1.807) is 0 Å². The summed E-state index contributed by atoms with van der Waals surface area (Å²) in [5, 5.41) is 0.293. The first kappa shape index (κ1) is 13.2. The van der Waals surface area contributed by atoms with Crippen LogP contribution in [0.3, 0.4) is 0 Å². The van der Waals surface area contributed by atoms with Crippen LogP contribution in [0.1, 0.15) is 45.4 Å². The average Bonchev–Trinajstić information content (AvgIpc) is 2.67. The third kappa shape index (κ3) is 3.08. The molecule has 0 unspecified atom stereocenters. The quantitative estimate of drug-likeness (QED) is 0.746. The molecule has 4 heteroatoms. The SMILES string of the molecule is CC.CC(C)Oc1nc(Cl)nc2c1CCC2. The number of nitrogens with zero attached hydrogens (tertiary/aromatic N) is 2. The van der Waals surface area contributed by atoms with Crippen LogP contribution in [0.5, 0.6) is 5.88 Å². The maximum Gasteiger partial charge on any atom is 0.225 e. The monoisotopic (exact) mass is 242 g/mol. The topological polar surface area (TPSA) is 35.0 Å². The summed E-state index contributed by atoms with van der Waals surface area (Å²) < 4.78 is 5.60. The second kappa shape index (κ2) is 6.04. The third-order valence-electron chi connectivity index (χ3n) is 2.22. The second-order valence-electron chi connectivity index (χ2n) is 3.74. The molecule has 0 N–H and O–H groups in total. The molecule has 0 bridgehead atoms. The van der Waals surface area contributed by atoms with E-state index in [0.717, 1.165) is 30.5 Å². The summed E-state index contributed by atoms with van der Waals surface area (Å²) in [6.07, 6.45) is 3.25. The molecule has 1 heterocycles. The molecule has 3 nitrogen and oxygen atoms in total. The number of aryl methyl sites for hydroxylation is 1. The van der Waals surface area contributed by atoms with Gasteiger partial charge in [-0.1, -0.05) is 13.8 Å². The number of ether oxygens (including phenoxy) is 1. The van der Waals surface area contributed by atoms with Crippen LogP contribution < -0.4 is 4.74 Å². The Morgan fingerprint density at radius 1 is 1.19 bits per heavy atom. The van der Waals surface area contributed by atoms with Gasteiger partial charge < -0.3 is 4.74 Å². The fourth-order valence-corrected chi connectivity index (χ4v) is 1.87. The van der Waals surface area contributed by atoms with Crippen molar-refractivity contribution in [3.8, 4) is 5.88 Å². The number of hydrogen-bond acceptors (Lipinski definition) is 3. The minimum atomic E-state index is 0.130. The first-order valence-corrected chi connectivity index (χ1v) is 6.26. The maximum absolute atomic E-state index is 5.81. The van der Waals surface area contributed by atoms with Crippen molar-refractivity contribution in [1.82, 2.24) is 9.97 Å². The highest BCUT2D eigenvalue weighted by atomic mass is 35.5. The van der Waals surface area contributed by atoms with Crippen molar-refractivity contribution in [2.45, 2.75) is 53.1 Å². The molecule has 1 aromatic rings. The zero-order valence-electron chi connectivity index (χ0n) is 10.4. The molecule has 0 fully saturated rings. The van der Waals surface area contributed by atoms with Crippen LogP contribution in [0.15, 0.2) is 0 Å². The Morgan fingerprint density at radius 2 is 1.88 bits per heavy atom. The van der Waals surface area contributed by atoms with Crippen molar-refractivity contribution in [3.63, 3.8) is 0 Å². The van der Waals surface area contributed by atoms with E-state index < -0.39 is 0 Å². The zero-order valence-corrected chi connectivity index (χ0v) is 11.1. The number of halogens is 1. The minimum Gasteiger partial charge on any atom is -0.475 e. The van der Waals surface area contributed by atoms with Gasteiger partial charge in [-0.05, 0) is 44.7 Å². The Bertz CT molecular complexity index is 353. The van der Waals surface area contributed by atoms with E-state index in [4.69, 9.17) is 16.3 Å². The lowest BCUT2D eigenvalue weighted by Gasteiger charge is -2.12. The number of aromatic nitrogens is 2. The Morgan fingerprint density at radius 3 is 2.50 bits per heavy atom. The molecule has 0 saturated carbocycles. The Hall–Kier alpha value is -0.830. The average molecular weight is 243 g/mol. The predicted octanol–water partition coefficient (Wildman–Crippen LogP) is 3.43. The first-order valence-electron chi connectivity index (χ1n) is 5.89. The van der Waals surface area contributed by atoms with Crippen LogP contribution in [0.4, 0.5) is 0 Å². The van der Waals surface area contributed by atoms with Crippen LogP contribution in [-0.2, 0) is 12.8 Å². The van der Waals surface area contributed by atoms with Gasteiger partial charge in [0.15, 0.2) is 0 Å². The van der Waals surface area contributed by atoms with Crippen LogP contribution >= 0.6 is 11.6 Å². The highest BCUT2D eigenvalue weighted by Crippen LogP contribution is 2.29. The standard InChI is InChI=1S/C10H13ClN2O.C2H6/c1-6(2)14-9-7-4-3-5-8(7)12-10(11)13-9;1-2/h6H,3-5H2,1-2H3;1-2H3. The second-order valence-corrected chi connectivity index (χ2v) is 4.08. The van der Waals surface area contributed by atoms with Crippen LogP contribution in [0.2, 0.25) is 5.28 Å². The molecule has 90 valence electrons. The fourth-order valence-electron chi connectivity index (χ4n) is 1.69. The van der Waals surface area contributed by atoms with Crippen LogP contribution in [0.25, 0.3) is 0 Å². The third-order valence-corrected chi connectivity index (χ3v) is 2.38. The van der Waals surface area contributed by atoms with Gasteiger partial charge in [0.25, 0.3) is 0 Å². The molecule has 2 rings (SSSR count). The van der Waals surface area contributed by atoms with Crippen molar-refractivity contribution in [1.29, 1.82) is 0 Å². The van der Waals surface area contributed by atoms with Gasteiger partial charge in [0.1, 0.15) is 0 Å². The molecule has 1 aromatic heterocycles. The Balaban J connectivity index is 0.000000606. The Labute approximate surface area is 102 Å². The summed E-state index contributed by atoms with van der Waals surface area (Å²) in [4.78, 5) is 8.31. The summed E-state index contributed by atoms with van der Waals surface area (Å²) in [5.74, 6) is 0.674. The molecule has 0 atom stereocenters. The van der Waals surface area contributed by atoms with Crippen molar-refractivity contribution in [2.24, 2.45) is 0 Å². The summed E-state index contributed by atoms with van der Waals surface area (Å²) in [6, 6.07) is 0. The molecule has 1 aliphatic carbocycles. The van der Waals surface area contributed by atoms with E-state index in [1.807, 2.05) is 27.7 Å². The van der Waals surface area contributed by atoms with E-state index in [-0.39, 0.29) is 6.10 Å². The van der Waals surface area contributed by atoms with Crippen molar-refractivity contribution < 1.29 is 4.74 Å². The van der Waals surface area contributed by atoms with Crippen molar-refractivity contribution in [2.75, 3.05) is 0 Å². The van der Waals surface area contributed by atoms with Gasteiger partial charge in [-0.15, -0.1) is 0 Å². The maximum atomic E-state index is 5.81. The molecule has 0 saturated heterocycles. The van der Waals surface area contributed by atoms with E-state index in [9.17, 15) is 0 Å². The summed E-state index contributed by atoms with van der Waals surface area (Å²) in [7, 11) is 0. The minimum absolute atomic E-state index is 0.130. The van der Waals surface area contributed by atoms with Crippen LogP contribution in [-0.4, -0.2) is 16.1 Å². The number of fused-ring (bicyclic) bond motifs is 1. The van der Waals surface area contributed by atoms with E-state index in [2.05, 4.69) is 9.97 Å². The molecular weight excluding hydrogens is 224 g/mol. The lowest BCUT2D eigenvalue weighted by Crippen LogP contribution is -2.10. The largest absolute Gasteiger partial charge is 0.475 e. The van der Waals surface area contributed by atoms with E-state index >= 15 is 0 Å². The van der Waals surface area contributed by atoms with Crippen molar-refractivity contribution in [3.05, 3.63) is 16.5 Å². The van der Waals surface area contributed by atoms with Gasteiger partial charge >= 0.3 is 0 Å². The summed E-state index contributed by atoms with van der Waals surface area (Å²) in [6.45, 7) is 7.97. The summed E-state index contributed by atoms with van der Waals surface area (Å²) in [5.41, 5.74) is 2.20. The fraction of sp³-hybridized carbons (Fsp3) is 0.667. The molecule has 0 amide bonds. The Kier molecular flexibility index (Phi) is 5.00. The predicted molar refractivity (Wildman–Crippen MR) is 66.2 cm³/mol. The zero-order chi connectivity index (χ0) is 12.1. The molecule has 0 aliphatic heterocycles. The van der Waals surface area contributed by atoms with Gasteiger partial charge in [-0.25, -0.2) is 4.98 Å². The molecule has 16 heavy (non-hydrogen) atoms. The molecular formula is C12H19ClN2O. The van der Waals surface area contributed by atoms with Gasteiger partial charge in [-0.2, -0.15) is 4.98 Å². The highest BCUT2D eigenvalue weighted by molar-refractivity contribution is 6.28.